The number of anilines is 1. The smallest absolute Gasteiger partial charge is 0.225 e. The van der Waals surface area contributed by atoms with Crippen molar-refractivity contribution in [3.8, 4) is 0 Å². The zero-order valence-corrected chi connectivity index (χ0v) is 9.87. The van der Waals surface area contributed by atoms with Crippen molar-refractivity contribution in [2.45, 2.75) is 19.8 Å². The Morgan fingerprint density at radius 2 is 2.53 bits per heavy atom. The van der Waals surface area contributed by atoms with E-state index < -0.39 is 0 Å². The van der Waals surface area contributed by atoms with Crippen LogP contribution in [0.15, 0.2) is 17.4 Å². The molecule has 92 valence electrons. The summed E-state index contributed by atoms with van der Waals surface area (Å²) in [5, 5.41) is 11.6. The summed E-state index contributed by atoms with van der Waals surface area (Å²) >= 11 is 0. The van der Waals surface area contributed by atoms with Gasteiger partial charge in [0.15, 0.2) is 5.84 Å². The number of nitrogens with zero attached hydrogens (tertiary/aromatic N) is 4. The van der Waals surface area contributed by atoms with Crippen LogP contribution in [0.4, 0.5) is 5.95 Å². The Morgan fingerprint density at radius 1 is 1.71 bits per heavy atom. The topological polar surface area (TPSA) is 87.6 Å². The number of rotatable bonds is 3. The molecule has 0 amide bonds. The Bertz CT molecular complexity index is 420. The molecule has 1 saturated heterocycles. The van der Waals surface area contributed by atoms with Crippen molar-refractivity contribution in [1.82, 2.24) is 9.97 Å². The van der Waals surface area contributed by atoms with E-state index in [1.807, 2.05) is 0 Å². The van der Waals surface area contributed by atoms with Gasteiger partial charge in [0.1, 0.15) is 5.69 Å². The molecule has 0 saturated carbocycles. The van der Waals surface area contributed by atoms with Gasteiger partial charge >= 0.3 is 0 Å². The highest BCUT2D eigenvalue weighted by atomic mass is 16.4. The molecule has 0 radical (unpaired) electrons. The molecule has 1 aromatic heterocycles. The van der Waals surface area contributed by atoms with Gasteiger partial charge in [-0.2, -0.15) is 0 Å². The van der Waals surface area contributed by atoms with Crippen LogP contribution in [0.3, 0.4) is 0 Å². The molecular weight excluding hydrogens is 218 g/mol. The van der Waals surface area contributed by atoms with Crippen LogP contribution >= 0.6 is 0 Å². The molecule has 2 heterocycles. The molecule has 0 bridgehead atoms. The molecule has 2 rings (SSSR count). The molecule has 0 aromatic carbocycles. The standard InChI is InChI=1S/C11H17N5O/c1-2-8-4-6-16(7-8)11-13-5-3-9(14-11)10(12)15-17/h3,5,8,17H,2,4,6-7H2,1H3,(H2,12,15). The normalized spacial score (nSPS) is 20.9. The van der Waals surface area contributed by atoms with E-state index in [-0.39, 0.29) is 5.84 Å². The van der Waals surface area contributed by atoms with Gasteiger partial charge in [-0.3, -0.25) is 0 Å². The largest absolute Gasteiger partial charge is 0.409 e. The average Bonchev–Trinajstić information content (AvgIpc) is 2.86. The van der Waals surface area contributed by atoms with Gasteiger partial charge in [0, 0.05) is 19.3 Å². The first-order valence-electron chi connectivity index (χ1n) is 5.80. The monoisotopic (exact) mass is 235 g/mol. The van der Waals surface area contributed by atoms with Gasteiger partial charge in [-0.15, -0.1) is 0 Å². The maximum absolute atomic E-state index is 8.61. The van der Waals surface area contributed by atoms with Crippen LogP contribution in [0.2, 0.25) is 0 Å². The Hall–Kier alpha value is -1.85. The van der Waals surface area contributed by atoms with Crippen molar-refractivity contribution in [3.63, 3.8) is 0 Å². The fourth-order valence-electron chi connectivity index (χ4n) is 2.04. The maximum Gasteiger partial charge on any atom is 0.225 e. The van der Waals surface area contributed by atoms with Crippen molar-refractivity contribution < 1.29 is 5.21 Å². The Balaban J connectivity index is 2.17. The van der Waals surface area contributed by atoms with E-state index in [4.69, 9.17) is 10.9 Å². The SMILES string of the molecule is CCC1CCN(c2nccc(/C(N)=N/O)n2)C1. The van der Waals surface area contributed by atoms with Gasteiger partial charge in [-0.05, 0) is 18.4 Å². The van der Waals surface area contributed by atoms with Gasteiger partial charge in [0.05, 0.1) is 0 Å². The van der Waals surface area contributed by atoms with Crippen LogP contribution in [0.25, 0.3) is 0 Å². The lowest BCUT2D eigenvalue weighted by molar-refractivity contribution is 0.318. The number of amidine groups is 1. The van der Waals surface area contributed by atoms with Crippen LogP contribution < -0.4 is 10.6 Å². The zero-order valence-electron chi connectivity index (χ0n) is 9.87. The van der Waals surface area contributed by atoms with E-state index in [1.165, 1.54) is 12.8 Å². The lowest BCUT2D eigenvalue weighted by Crippen LogP contribution is -2.24. The van der Waals surface area contributed by atoms with Crippen molar-refractivity contribution >= 4 is 11.8 Å². The third kappa shape index (κ3) is 2.46. The average molecular weight is 235 g/mol. The highest BCUT2D eigenvalue weighted by Gasteiger charge is 2.23. The quantitative estimate of drug-likeness (QED) is 0.350. The second kappa shape index (κ2) is 4.99. The van der Waals surface area contributed by atoms with E-state index in [1.54, 1.807) is 12.3 Å². The Morgan fingerprint density at radius 3 is 3.18 bits per heavy atom. The molecule has 6 nitrogen and oxygen atoms in total. The molecule has 0 aliphatic carbocycles. The molecule has 17 heavy (non-hydrogen) atoms. The lowest BCUT2D eigenvalue weighted by Gasteiger charge is -2.16. The molecule has 1 aliphatic heterocycles. The zero-order chi connectivity index (χ0) is 12.3. The first kappa shape index (κ1) is 11.6. The van der Waals surface area contributed by atoms with Crippen LogP contribution in [0.1, 0.15) is 25.5 Å². The summed E-state index contributed by atoms with van der Waals surface area (Å²) in [5.41, 5.74) is 5.96. The number of hydrogen-bond donors (Lipinski definition) is 2. The second-order valence-corrected chi connectivity index (χ2v) is 4.24. The molecule has 1 fully saturated rings. The molecule has 6 heteroatoms. The van der Waals surface area contributed by atoms with Crippen LogP contribution in [0.5, 0.6) is 0 Å². The van der Waals surface area contributed by atoms with Crippen molar-refractivity contribution in [2.24, 2.45) is 16.8 Å². The Kier molecular flexibility index (Phi) is 3.41. The van der Waals surface area contributed by atoms with E-state index >= 15 is 0 Å². The predicted molar refractivity (Wildman–Crippen MR) is 65.2 cm³/mol. The molecule has 0 spiro atoms. The second-order valence-electron chi connectivity index (χ2n) is 4.24. The summed E-state index contributed by atoms with van der Waals surface area (Å²) in [6.45, 7) is 4.15. The molecular formula is C11H17N5O. The number of aromatic nitrogens is 2. The first-order chi connectivity index (χ1) is 8.24. The summed E-state index contributed by atoms with van der Waals surface area (Å²) in [5.74, 6) is 1.39. The van der Waals surface area contributed by atoms with Gasteiger partial charge in [-0.1, -0.05) is 18.5 Å². The number of hydrogen-bond acceptors (Lipinski definition) is 5. The molecule has 1 unspecified atom stereocenters. The van der Waals surface area contributed by atoms with Gasteiger partial charge in [0.2, 0.25) is 5.95 Å². The molecule has 1 aromatic rings. The van der Waals surface area contributed by atoms with Gasteiger partial charge in [-0.25, -0.2) is 9.97 Å². The van der Waals surface area contributed by atoms with E-state index in [2.05, 4.69) is 26.9 Å². The van der Waals surface area contributed by atoms with Crippen LogP contribution in [-0.2, 0) is 0 Å². The van der Waals surface area contributed by atoms with Crippen molar-refractivity contribution in [2.75, 3.05) is 18.0 Å². The van der Waals surface area contributed by atoms with Gasteiger partial charge < -0.3 is 15.8 Å². The van der Waals surface area contributed by atoms with Crippen molar-refractivity contribution in [1.29, 1.82) is 0 Å². The van der Waals surface area contributed by atoms with E-state index in [0.29, 0.717) is 17.6 Å². The maximum atomic E-state index is 8.61. The number of nitrogens with two attached hydrogens (primary N) is 1. The minimum absolute atomic E-state index is 0.0138. The highest BCUT2D eigenvalue weighted by molar-refractivity contribution is 5.95. The van der Waals surface area contributed by atoms with Gasteiger partial charge in [0.25, 0.3) is 0 Å². The minimum Gasteiger partial charge on any atom is -0.409 e. The summed E-state index contributed by atoms with van der Waals surface area (Å²) < 4.78 is 0. The van der Waals surface area contributed by atoms with E-state index in [0.717, 1.165) is 13.1 Å². The Labute approximate surface area is 100 Å². The molecule has 1 aliphatic rings. The third-order valence-electron chi connectivity index (χ3n) is 3.16. The first-order valence-corrected chi connectivity index (χ1v) is 5.80. The highest BCUT2D eigenvalue weighted by Crippen LogP contribution is 2.22. The number of oxime groups is 1. The molecule has 1 atom stereocenters. The van der Waals surface area contributed by atoms with Crippen LogP contribution in [-0.4, -0.2) is 34.1 Å². The lowest BCUT2D eigenvalue weighted by atomic mass is 10.1. The fourth-order valence-corrected chi connectivity index (χ4v) is 2.04. The fraction of sp³-hybridized carbons (Fsp3) is 0.545. The van der Waals surface area contributed by atoms with Crippen molar-refractivity contribution in [3.05, 3.63) is 18.0 Å². The summed E-state index contributed by atoms with van der Waals surface area (Å²) in [6, 6.07) is 1.63. The minimum atomic E-state index is 0.0138. The third-order valence-corrected chi connectivity index (χ3v) is 3.16. The predicted octanol–water partition coefficient (Wildman–Crippen LogP) is 0.807. The van der Waals surface area contributed by atoms with E-state index in [9.17, 15) is 0 Å². The van der Waals surface area contributed by atoms with Crippen LogP contribution in [0, 0.1) is 5.92 Å². The summed E-state index contributed by atoms with van der Waals surface area (Å²) in [7, 11) is 0. The molecule has 3 N–H and O–H groups in total. The summed E-state index contributed by atoms with van der Waals surface area (Å²) in [4.78, 5) is 10.7. The summed E-state index contributed by atoms with van der Waals surface area (Å²) in [6.07, 6.45) is 3.99.